The molecule has 0 spiro atoms. The Morgan fingerprint density at radius 1 is 1.62 bits per heavy atom. The quantitative estimate of drug-likeness (QED) is 0.648. The monoisotopic (exact) mass is 197 g/mol. The zero-order chi connectivity index (χ0) is 9.42. The van der Waals surface area contributed by atoms with E-state index in [1.54, 1.807) is 6.34 Å². The van der Waals surface area contributed by atoms with Crippen LogP contribution in [-0.2, 0) is 0 Å². The van der Waals surface area contributed by atoms with Gasteiger partial charge in [0.05, 0.1) is 18.1 Å². The van der Waals surface area contributed by atoms with Crippen molar-refractivity contribution in [3.63, 3.8) is 0 Å². The van der Waals surface area contributed by atoms with Crippen LogP contribution in [-0.4, -0.2) is 23.3 Å². The Bertz CT molecular complexity index is 304. The molecule has 1 atom stereocenters. The van der Waals surface area contributed by atoms with Gasteiger partial charge in [0, 0.05) is 12.2 Å². The highest BCUT2D eigenvalue weighted by atomic mass is 35.5. The third-order valence-corrected chi connectivity index (χ3v) is 2.50. The lowest BCUT2D eigenvalue weighted by molar-refractivity contribution is 0.381. The van der Waals surface area contributed by atoms with Crippen LogP contribution in [0.4, 0.5) is 0 Å². The molecule has 0 aromatic carbocycles. The van der Waals surface area contributed by atoms with Gasteiger partial charge in [-0.2, -0.15) is 0 Å². The molecule has 0 aliphatic carbocycles. The fourth-order valence-corrected chi connectivity index (χ4v) is 1.83. The molecule has 13 heavy (non-hydrogen) atoms. The number of nitrogens with one attached hydrogen (secondary N) is 1. The molecule has 3 nitrogen and oxygen atoms in total. The Morgan fingerprint density at radius 3 is 3.08 bits per heavy atom. The van der Waals surface area contributed by atoms with Crippen molar-refractivity contribution >= 4 is 17.9 Å². The summed E-state index contributed by atoms with van der Waals surface area (Å²) in [6, 6.07) is 0.618. The van der Waals surface area contributed by atoms with Crippen LogP contribution in [0.15, 0.2) is 28.1 Å². The van der Waals surface area contributed by atoms with E-state index in [9.17, 15) is 0 Å². The second-order valence-corrected chi connectivity index (χ2v) is 3.78. The molecule has 4 heteroatoms. The third-order valence-electron chi connectivity index (χ3n) is 2.21. The first kappa shape index (κ1) is 8.63. The molecule has 0 radical (unpaired) electrons. The normalized spacial score (nSPS) is 25.5. The lowest BCUT2D eigenvalue weighted by Crippen LogP contribution is -2.35. The van der Waals surface area contributed by atoms with Crippen molar-refractivity contribution < 1.29 is 0 Å². The smallest absolute Gasteiger partial charge is 0.152 e. The standard InChI is InChI=1S/C9H12ClN3/c1-6(2)13-4-3-7-8(13)9(10)12-5-11-7/h3-7H,1-2H3,(H,11,12). The van der Waals surface area contributed by atoms with Gasteiger partial charge in [0.15, 0.2) is 5.16 Å². The fraction of sp³-hybridized carbons (Fsp3) is 0.444. The highest BCUT2D eigenvalue weighted by molar-refractivity contribution is 6.30. The minimum absolute atomic E-state index is 0.201. The van der Waals surface area contributed by atoms with E-state index >= 15 is 0 Å². The Labute approximate surface area is 82.8 Å². The molecule has 70 valence electrons. The van der Waals surface area contributed by atoms with E-state index in [4.69, 9.17) is 11.6 Å². The number of nitrogens with zero attached hydrogens (tertiary/aromatic N) is 2. The second-order valence-electron chi connectivity index (χ2n) is 3.42. The van der Waals surface area contributed by atoms with Gasteiger partial charge in [-0.05, 0) is 19.9 Å². The van der Waals surface area contributed by atoms with Crippen molar-refractivity contribution in [3.8, 4) is 0 Å². The predicted molar refractivity (Wildman–Crippen MR) is 54.4 cm³/mol. The molecule has 0 bridgehead atoms. The van der Waals surface area contributed by atoms with Gasteiger partial charge >= 0.3 is 0 Å². The van der Waals surface area contributed by atoms with E-state index in [1.807, 2.05) is 0 Å². The molecule has 0 amide bonds. The Hall–Kier alpha value is -0.960. The van der Waals surface area contributed by atoms with Crippen molar-refractivity contribution in [2.45, 2.75) is 25.9 Å². The Kier molecular flexibility index (Phi) is 2.04. The molecule has 0 fully saturated rings. The number of hydrogen-bond acceptors (Lipinski definition) is 3. The molecule has 2 aliphatic rings. The maximum atomic E-state index is 6.02. The summed E-state index contributed by atoms with van der Waals surface area (Å²) >= 11 is 6.02. The van der Waals surface area contributed by atoms with Crippen LogP contribution in [0.5, 0.6) is 0 Å². The summed E-state index contributed by atoms with van der Waals surface area (Å²) in [6.07, 6.45) is 5.78. The first-order valence-corrected chi connectivity index (χ1v) is 4.73. The minimum atomic E-state index is 0.201. The molecule has 1 N–H and O–H groups in total. The number of hydrogen-bond donors (Lipinski definition) is 1. The van der Waals surface area contributed by atoms with Gasteiger partial charge in [-0.15, -0.1) is 0 Å². The number of aliphatic imine (C=N–C) groups is 1. The average Bonchev–Trinajstić information content (AvgIpc) is 2.49. The lowest BCUT2D eigenvalue weighted by atomic mass is 10.2. The summed E-state index contributed by atoms with van der Waals surface area (Å²) in [5.74, 6) is 0. The second kappa shape index (κ2) is 3.07. The van der Waals surface area contributed by atoms with Gasteiger partial charge < -0.3 is 10.2 Å². The molecular formula is C9H12ClN3. The first-order valence-electron chi connectivity index (χ1n) is 4.35. The van der Waals surface area contributed by atoms with Crippen LogP contribution in [0.1, 0.15) is 13.8 Å². The van der Waals surface area contributed by atoms with Crippen molar-refractivity contribution in [2.75, 3.05) is 0 Å². The summed E-state index contributed by atoms with van der Waals surface area (Å²) in [7, 11) is 0. The molecule has 2 heterocycles. The van der Waals surface area contributed by atoms with E-state index in [2.05, 4.69) is 41.3 Å². The molecule has 1 unspecified atom stereocenters. The predicted octanol–water partition coefficient (Wildman–Crippen LogP) is 1.63. The van der Waals surface area contributed by atoms with E-state index < -0.39 is 0 Å². The summed E-state index contributed by atoms with van der Waals surface area (Å²) < 4.78 is 0. The Balaban J connectivity index is 2.35. The summed E-state index contributed by atoms with van der Waals surface area (Å²) in [5, 5.41) is 3.72. The van der Waals surface area contributed by atoms with Crippen molar-refractivity contribution in [1.82, 2.24) is 10.2 Å². The van der Waals surface area contributed by atoms with E-state index in [-0.39, 0.29) is 6.04 Å². The lowest BCUT2D eigenvalue weighted by Gasteiger charge is -2.27. The maximum absolute atomic E-state index is 6.02. The molecule has 2 rings (SSSR count). The average molecular weight is 198 g/mol. The first-order chi connectivity index (χ1) is 6.20. The molecule has 0 aromatic rings. The largest absolute Gasteiger partial charge is 0.364 e. The molecule has 0 saturated heterocycles. The van der Waals surface area contributed by atoms with Gasteiger partial charge in [0.1, 0.15) is 0 Å². The van der Waals surface area contributed by atoms with Crippen LogP contribution in [0, 0.1) is 0 Å². The van der Waals surface area contributed by atoms with E-state index in [0.717, 1.165) is 5.70 Å². The Morgan fingerprint density at radius 2 is 2.38 bits per heavy atom. The SMILES string of the molecule is CC(C)N1C=CC2NC=NC(Cl)=C21. The van der Waals surface area contributed by atoms with E-state index in [1.165, 1.54) is 0 Å². The van der Waals surface area contributed by atoms with Crippen molar-refractivity contribution in [3.05, 3.63) is 23.1 Å². The van der Waals surface area contributed by atoms with Crippen LogP contribution >= 0.6 is 11.6 Å². The highest BCUT2D eigenvalue weighted by Gasteiger charge is 2.28. The molecule has 0 aromatic heterocycles. The minimum Gasteiger partial charge on any atom is -0.364 e. The van der Waals surface area contributed by atoms with Gasteiger partial charge in [-0.25, -0.2) is 4.99 Å². The van der Waals surface area contributed by atoms with Gasteiger partial charge in [0.25, 0.3) is 0 Å². The summed E-state index contributed by atoms with van der Waals surface area (Å²) in [6.45, 7) is 4.25. The van der Waals surface area contributed by atoms with Gasteiger partial charge in [-0.1, -0.05) is 11.6 Å². The topological polar surface area (TPSA) is 27.6 Å². The van der Waals surface area contributed by atoms with Crippen molar-refractivity contribution in [2.24, 2.45) is 4.99 Å². The number of rotatable bonds is 1. The summed E-state index contributed by atoms with van der Waals surface area (Å²) in [4.78, 5) is 6.17. The van der Waals surface area contributed by atoms with Crippen LogP contribution in [0.3, 0.4) is 0 Å². The van der Waals surface area contributed by atoms with Crippen LogP contribution in [0.25, 0.3) is 0 Å². The van der Waals surface area contributed by atoms with Gasteiger partial charge in [0.2, 0.25) is 0 Å². The number of halogens is 1. The highest BCUT2D eigenvalue weighted by Crippen LogP contribution is 2.28. The van der Waals surface area contributed by atoms with E-state index in [0.29, 0.717) is 11.2 Å². The zero-order valence-electron chi connectivity index (χ0n) is 7.66. The maximum Gasteiger partial charge on any atom is 0.152 e. The van der Waals surface area contributed by atoms with Crippen LogP contribution < -0.4 is 5.32 Å². The fourth-order valence-electron chi connectivity index (χ4n) is 1.57. The van der Waals surface area contributed by atoms with Crippen molar-refractivity contribution in [1.29, 1.82) is 0 Å². The zero-order valence-corrected chi connectivity index (χ0v) is 8.42. The summed E-state index contributed by atoms with van der Waals surface area (Å²) in [5.41, 5.74) is 1.05. The van der Waals surface area contributed by atoms with Crippen LogP contribution in [0.2, 0.25) is 0 Å². The molecule has 0 saturated carbocycles. The van der Waals surface area contributed by atoms with Gasteiger partial charge in [-0.3, -0.25) is 0 Å². The molecular weight excluding hydrogens is 186 g/mol. The third kappa shape index (κ3) is 1.33. The molecule has 2 aliphatic heterocycles. The number of fused-ring (bicyclic) bond motifs is 1.